The first kappa shape index (κ1) is 23.9. The molecular weight excluding hydrogens is 430 g/mol. The molecule has 0 aliphatic heterocycles. The number of esters is 1. The second-order valence-corrected chi connectivity index (χ2v) is 7.24. The number of nitrogens with one attached hydrogen (secondary N) is 2. The Morgan fingerprint density at radius 3 is 2.24 bits per heavy atom. The van der Waals surface area contributed by atoms with Crippen molar-refractivity contribution in [3.8, 4) is 5.75 Å². The van der Waals surface area contributed by atoms with E-state index in [1.165, 1.54) is 19.2 Å². The summed E-state index contributed by atoms with van der Waals surface area (Å²) in [5, 5.41) is 6.01. The summed E-state index contributed by atoms with van der Waals surface area (Å²) in [6.07, 6.45) is 0. The zero-order chi connectivity index (χ0) is 23.8. The summed E-state index contributed by atoms with van der Waals surface area (Å²) in [4.78, 5) is 24.4. The van der Waals surface area contributed by atoms with Crippen molar-refractivity contribution in [2.45, 2.75) is 19.6 Å². The molecule has 0 saturated heterocycles. The van der Waals surface area contributed by atoms with Crippen LogP contribution in [0.15, 0.2) is 72.8 Å². The molecule has 0 aliphatic carbocycles. The van der Waals surface area contributed by atoms with Gasteiger partial charge in [-0.25, -0.2) is 4.79 Å². The van der Waals surface area contributed by atoms with Crippen LogP contribution >= 0.6 is 0 Å². The smallest absolute Gasteiger partial charge is 0.387 e. The highest BCUT2D eigenvalue weighted by atomic mass is 19.3. The summed E-state index contributed by atoms with van der Waals surface area (Å²) < 4.78 is 34.0. The number of amides is 1. The number of hydrogen-bond donors (Lipinski definition) is 2. The Labute approximate surface area is 190 Å². The van der Waals surface area contributed by atoms with Crippen molar-refractivity contribution in [3.63, 3.8) is 0 Å². The zero-order valence-corrected chi connectivity index (χ0v) is 18.2. The van der Waals surface area contributed by atoms with Crippen molar-refractivity contribution >= 4 is 17.6 Å². The standard InChI is InChI=1S/C25H24F2N2O4/c1-16-8-9-19(24(31)32-2)14-21(16)29-22(30)15-28-23(17-6-4-3-5-7-17)18-10-12-20(13-11-18)33-25(26)27/h3-14,23,25,28H,15H2,1-2H3,(H,29,30). The van der Waals surface area contributed by atoms with Crippen molar-refractivity contribution in [2.75, 3.05) is 19.0 Å². The van der Waals surface area contributed by atoms with Gasteiger partial charge in [0.2, 0.25) is 5.91 Å². The lowest BCUT2D eigenvalue weighted by Crippen LogP contribution is -2.32. The van der Waals surface area contributed by atoms with Crippen LogP contribution in [0.4, 0.5) is 14.5 Å². The molecule has 0 fully saturated rings. The van der Waals surface area contributed by atoms with Crippen molar-refractivity contribution < 1.29 is 27.8 Å². The van der Waals surface area contributed by atoms with Crippen LogP contribution in [0.3, 0.4) is 0 Å². The molecule has 1 unspecified atom stereocenters. The number of benzene rings is 3. The van der Waals surface area contributed by atoms with Gasteiger partial charge in [-0.2, -0.15) is 8.78 Å². The van der Waals surface area contributed by atoms with E-state index in [2.05, 4.69) is 15.4 Å². The van der Waals surface area contributed by atoms with Gasteiger partial charge in [-0.3, -0.25) is 10.1 Å². The Morgan fingerprint density at radius 1 is 0.939 bits per heavy atom. The Morgan fingerprint density at radius 2 is 1.61 bits per heavy atom. The highest BCUT2D eigenvalue weighted by Gasteiger charge is 2.17. The molecule has 3 aromatic rings. The van der Waals surface area contributed by atoms with Gasteiger partial charge >= 0.3 is 12.6 Å². The fraction of sp³-hybridized carbons (Fsp3) is 0.200. The summed E-state index contributed by atoms with van der Waals surface area (Å²) in [6, 6.07) is 20.3. The van der Waals surface area contributed by atoms with Gasteiger partial charge < -0.3 is 14.8 Å². The monoisotopic (exact) mass is 454 g/mol. The third-order valence-corrected chi connectivity index (χ3v) is 4.97. The number of aryl methyl sites for hydroxylation is 1. The lowest BCUT2D eigenvalue weighted by atomic mass is 9.98. The SMILES string of the molecule is COC(=O)c1ccc(C)c(NC(=O)CNC(c2ccccc2)c2ccc(OC(F)F)cc2)c1. The number of carbonyl (C=O) groups excluding carboxylic acids is 2. The topological polar surface area (TPSA) is 76.7 Å². The van der Waals surface area contributed by atoms with E-state index < -0.39 is 12.6 Å². The number of hydrogen-bond acceptors (Lipinski definition) is 5. The highest BCUT2D eigenvalue weighted by Crippen LogP contribution is 2.25. The molecule has 8 heteroatoms. The Balaban J connectivity index is 1.74. The summed E-state index contributed by atoms with van der Waals surface area (Å²) in [5.74, 6) is -0.745. The predicted molar refractivity (Wildman–Crippen MR) is 121 cm³/mol. The van der Waals surface area contributed by atoms with Gasteiger partial charge in [0.15, 0.2) is 0 Å². The molecule has 0 spiro atoms. The molecule has 3 aromatic carbocycles. The number of ether oxygens (including phenoxy) is 2. The first-order chi connectivity index (χ1) is 15.9. The van der Waals surface area contributed by atoms with Crippen LogP contribution in [0.2, 0.25) is 0 Å². The third-order valence-electron chi connectivity index (χ3n) is 4.97. The van der Waals surface area contributed by atoms with E-state index >= 15 is 0 Å². The van der Waals surface area contributed by atoms with Gasteiger partial charge in [-0.1, -0.05) is 48.5 Å². The highest BCUT2D eigenvalue weighted by molar-refractivity contribution is 5.96. The fourth-order valence-electron chi connectivity index (χ4n) is 3.31. The molecule has 6 nitrogen and oxygen atoms in total. The summed E-state index contributed by atoms with van der Waals surface area (Å²) in [5.41, 5.74) is 3.32. The van der Waals surface area contributed by atoms with Crippen molar-refractivity contribution in [3.05, 3.63) is 95.1 Å². The molecule has 0 saturated carbocycles. The number of methoxy groups -OCH3 is 1. The van der Waals surface area contributed by atoms with Crippen molar-refractivity contribution in [2.24, 2.45) is 0 Å². The maximum atomic E-state index is 12.7. The summed E-state index contributed by atoms with van der Waals surface area (Å²) in [6.45, 7) is -1.11. The zero-order valence-electron chi connectivity index (χ0n) is 18.2. The molecule has 3 rings (SSSR count). The van der Waals surface area contributed by atoms with Gasteiger partial charge in [0.25, 0.3) is 0 Å². The number of carbonyl (C=O) groups is 2. The van der Waals surface area contributed by atoms with Crippen LogP contribution in [0.1, 0.15) is 33.1 Å². The molecule has 172 valence electrons. The quantitative estimate of drug-likeness (QED) is 0.459. The Bertz CT molecular complexity index is 1090. The van der Waals surface area contributed by atoms with Crippen LogP contribution in [0, 0.1) is 6.92 Å². The molecule has 0 radical (unpaired) electrons. The third kappa shape index (κ3) is 6.60. The minimum absolute atomic E-state index is 0.0310. The van der Waals surface area contributed by atoms with Crippen LogP contribution < -0.4 is 15.4 Å². The van der Waals surface area contributed by atoms with E-state index in [9.17, 15) is 18.4 Å². The molecule has 1 atom stereocenters. The average molecular weight is 454 g/mol. The van der Waals surface area contributed by atoms with E-state index in [1.54, 1.807) is 30.3 Å². The van der Waals surface area contributed by atoms with Crippen LogP contribution in [0.25, 0.3) is 0 Å². The molecule has 0 bridgehead atoms. The first-order valence-electron chi connectivity index (χ1n) is 10.2. The molecule has 0 aromatic heterocycles. The minimum atomic E-state index is -2.90. The largest absolute Gasteiger partial charge is 0.465 e. The minimum Gasteiger partial charge on any atom is -0.465 e. The molecule has 33 heavy (non-hydrogen) atoms. The fourth-order valence-corrected chi connectivity index (χ4v) is 3.31. The Hall–Kier alpha value is -3.78. The normalized spacial score (nSPS) is 11.7. The molecular formula is C25H24F2N2O4. The Kier molecular flexibility index (Phi) is 8.10. The maximum absolute atomic E-state index is 12.7. The molecule has 0 heterocycles. The first-order valence-corrected chi connectivity index (χ1v) is 10.2. The lowest BCUT2D eigenvalue weighted by molar-refractivity contribution is -0.115. The number of halogens is 2. The second-order valence-electron chi connectivity index (χ2n) is 7.24. The molecule has 2 N–H and O–H groups in total. The van der Waals surface area contributed by atoms with E-state index in [-0.39, 0.29) is 24.2 Å². The van der Waals surface area contributed by atoms with Crippen LogP contribution in [0.5, 0.6) is 5.75 Å². The lowest BCUT2D eigenvalue weighted by Gasteiger charge is -2.20. The van der Waals surface area contributed by atoms with Gasteiger partial charge in [0.1, 0.15) is 5.75 Å². The summed E-state index contributed by atoms with van der Waals surface area (Å²) in [7, 11) is 1.29. The van der Waals surface area contributed by atoms with Crippen LogP contribution in [-0.2, 0) is 9.53 Å². The van der Waals surface area contributed by atoms with Crippen molar-refractivity contribution in [1.82, 2.24) is 5.32 Å². The average Bonchev–Trinajstić information content (AvgIpc) is 2.81. The van der Waals surface area contributed by atoms with E-state index in [0.717, 1.165) is 16.7 Å². The second kappa shape index (κ2) is 11.2. The maximum Gasteiger partial charge on any atom is 0.387 e. The molecule has 0 aliphatic rings. The summed E-state index contributed by atoms with van der Waals surface area (Å²) >= 11 is 0. The number of rotatable bonds is 9. The number of anilines is 1. The van der Waals surface area contributed by atoms with Gasteiger partial charge in [0, 0.05) is 5.69 Å². The van der Waals surface area contributed by atoms with E-state index in [4.69, 9.17) is 4.74 Å². The number of alkyl halides is 2. The predicted octanol–water partition coefficient (Wildman–Crippen LogP) is 4.70. The molecule has 1 amide bonds. The van der Waals surface area contributed by atoms with Gasteiger partial charge in [0.05, 0.1) is 25.3 Å². The van der Waals surface area contributed by atoms with Gasteiger partial charge in [-0.05, 0) is 47.9 Å². The van der Waals surface area contributed by atoms with Gasteiger partial charge in [-0.15, -0.1) is 0 Å². The van der Waals surface area contributed by atoms with Crippen LogP contribution in [-0.4, -0.2) is 32.1 Å². The van der Waals surface area contributed by atoms with E-state index in [1.807, 2.05) is 37.3 Å². The van der Waals surface area contributed by atoms with E-state index in [0.29, 0.717) is 11.3 Å². The van der Waals surface area contributed by atoms with Crippen molar-refractivity contribution in [1.29, 1.82) is 0 Å².